The Labute approximate surface area is 188 Å². The number of benzene rings is 4. The molecule has 4 rings (SSSR count). The summed E-state index contributed by atoms with van der Waals surface area (Å²) in [7, 11) is 0. The first-order valence-electron chi connectivity index (χ1n) is 10.5. The van der Waals surface area contributed by atoms with Gasteiger partial charge in [0.05, 0.1) is 0 Å². The second-order valence-corrected chi connectivity index (χ2v) is 7.75. The Morgan fingerprint density at radius 1 is 0.469 bits per heavy atom. The van der Waals surface area contributed by atoms with Crippen molar-refractivity contribution < 1.29 is 20.4 Å². The van der Waals surface area contributed by atoms with Crippen LogP contribution in [0.5, 0.6) is 23.0 Å². The molecular weight excluding hydrogens is 400 g/mol. The van der Waals surface area contributed by atoms with E-state index >= 15 is 0 Å². The van der Waals surface area contributed by atoms with Crippen molar-refractivity contribution in [2.24, 2.45) is 0 Å². The Morgan fingerprint density at radius 3 is 1.12 bits per heavy atom. The average Bonchev–Trinajstić information content (AvgIpc) is 2.80. The highest BCUT2D eigenvalue weighted by molar-refractivity contribution is 5.45. The van der Waals surface area contributed by atoms with Gasteiger partial charge in [0, 0.05) is 35.1 Å². The molecule has 32 heavy (non-hydrogen) atoms. The van der Waals surface area contributed by atoms with E-state index < -0.39 is 0 Å². The van der Waals surface area contributed by atoms with Crippen LogP contribution in [-0.2, 0) is 0 Å². The fraction of sp³-hybridized carbons (Fsp3) is 0.143. The van der Waals surface area contributed by atoms with Crippen molar-refractivity contribution in [2.75, 3.05) is 0 Å². The van der Waals surface area contributed by atoms with Crippen LogP contribution in [0.3, 0.4) is 0 Å². The van der Waals surface area contributed by atoms with Gasteiger partial charge in [-0.25, -0.2) is 0 Å². The summed E-state index contributed by atoms with van der Waals surface area (Å²) in [6.07, 6.45) is 0. The lowest BCUT2D eigenvalue weighted by Gasteiger charge is -2.14. The number of rotatable bonds is 4. The minimum absolute atomic E-state index is 0.0847. The van der Waals surface area contributed by atoms with E-state index in [0.717, 1.165) is 22.3 Å². The number of hydrogen-bond donors (Lipinski definition) is 4. The van der Waals surface area contributed by atoms with Crippen LogP contribution in [0.25, 0.3) is 0 Å². The third-order valence-corrected chi connectivity index (χ3v) is 5.56. The highest BCUT2D eigenvalue weighted by Crippen LogP contribution is 2.34. The highest BCUT2D eigenvalue weighted by atomic mass is 16.3. The molecule has 0 aromatic heterocycles. The lowest BCUT2D eigenvalue weighted by molar-refractivity contribution is 0.443. The molecule has 0 bridgehead atoms. The van der Waals surface area contributed by atoms with Crippen molar-refractivity contribution in [3.63, 3.8) is 0 Å². The summed E-state index contributed by atoms with van der Waals surface area (Å²) < 4.78 is 0. The topological polar surface area (TPSA) is 80.9 Å². The van der Waals surface area contributed by atoms with Crippen LogP contribution >= 0.6 is 0 Å². The summed E-state index contributed by atoms with van der Waals surface area (Å²) in [6.45, 7) is 4.06. The minimum Gasteiger partial charge on any atom is -0.508 e. The SMILES string of the molecule is C[C@H](c1ccccc1)c1ccc(O)cc1O.C[C@H](c1ccccc1)c1ccc(O)cc1O. The van der Waals surface area contributed by atoms with Gasteiger partial charge in [-0.2, -0.15) is 0 Å². The van der Waals surface area contributed by atoms with Crippen molar-refractivity contribution in [1.82, 2.24) is 0 Å². The Kier molecular flexibility index (Phi) is 7.40. The molecule has 0 saturated carbocycles. The van der Waals surface area contributed by atoms with E-state index in [0.29, 0.717) is 0 Å². The standard InChI is InChI=1S/2C14H14O2/c2*1-10(11-5-3-2-4-6-11)13-8-7-12(15)9-14(13)16/h2*2-10,15-16H,1H3/t2*10-/m11/s1. The van der Waals surface area contributed by atoms with E-state index in [9.17, 15) is 20.4 Å². The monoisotopic (exact) mass is 428 g/mol. The molecule has 0 radical (unpaired) electrons. The number of aromatic hydroxyl groups is 4. The van der Waals surface area contributed by atoms with E-state index in [1.165, 1.54) is 12.1 Å². The third-order valence-electron chi connectivity index (χ3n) is 5.56. The second kappa shape index (κ2) is 10.4. The number of phenolic OH excluding ortho intramolecular Hbond substituents is 4. The van der Waals surface area contributed by atoms with Gasteiger partial charge in [0.15, 0.2) is 0 Å². The molecule has 4 aromatic carbocycles. The third kappa shape index (κ3) is 5.61. The Hall–Kier alpha value is -3.92. The van der Waals surface area contributed by atoms with Crippen LogP contribution in [0, 0.1) is 0 Å². The molecule has 0 spiro atoms. The van der Waals surface area contributed by atoms with E-state index in [2.05, 4.69) is 0 Å². The van der Waals surface area contributed by atoms with Crippen molar-refractivity contribution in [3.8, 4) is 23.0 Å². The molecule has 0 heterocycles. The van der Waals surface area contributed by atoms with Crippen LogP contribution < -0.4 is 0 Å². The Balaban J connectivity index is 0.000000181. The molecule has 4 heteroatoms. The second-order valence-electron chi connectivity index (χ2n) is 7.75. The zero-order valence-corrected chi connectivity index (χ0v) is 18.2. The molecule has 0 amide bonds. The van der Waals surface area contributed by atoms with Gasteiger partial charge in [0.1, 0.15) is 23.0 Å². The molecule has 2 atom stereocenters. The molecule has 0 aliphatic carbocycles. The van der Waals surface area contributed by atoms with Crippen LogP contribution in [0.15, 0.2) is 97.1 Å². The fourth-order valence-electron chi connectivity index (χ4n) is 3.64. The minimum atomic E-state index is 0.0847. The van der Waals surface area contributed by atoms with Crippen molar-refractivity contribution >= 4 is 0 Å². The van der Waals surface area contributed by atoms with Crippen LogP contribution in [0.2, 0.25) is 0 Å². The summed E-state index contributed by atoms with van der Waals surface area (Å²) in [5, 5.41) is 38.0. The molecule has 4 nitrogen and oxygen atoms in total. The van der Waals surface area contributed by atoms with Crippen molar-refractivity contribution in [3.05, 3.63) is 119 Å². The lowest BCUT2D eigenvalue weighted by Crippen LogP contribution is -1.95. The summed E-state index contributed by atoms with van der Waals surface area (Å²) >= 11 is 0. The highest BCUT2D eigenvalue weighted by Gasteiger charge is 2.13. The smallest absolute Gasteiger partial charge is 0.123 e. The van der Waals surface area contributed by atoms with Gasteiger partial charge in [-0.05, 0) is 23.3 Å². The van der Waals surface area contributed by atoms with Crippen molar-refractivity contribution in [1.29, 1.82) is 0 Å². The maximum atomic E-state index is 9.76. The van der Waals surface area contributed by atoms with Gasteiger partial charge in [-0.1, -0.05) is 86.6 Å². The molecule has 0 fully saturated rings. The Bertz CT molecular complexity index is 1050. The van der Waals surface area contributed by atoms with Crippen molar-refractivity contribution in [2.45, 2.75) is 25.7 Å². The van der Waals surface area contributed by atoms with E-state index in [4.69, 9.17) is 0 Å². The first-order chi connectivity index (χ1) is 15.4. The average molecular weight is 429 g/mol. The zero-order chi connectivity index (χ0) is 23.1. The molecule has 4 N–H and O–H groups in total. The maximum Gasteiger partial charge on any atom is 0.123 e. The fourth-order valence-corrected chi connectivity index (χ4v) is 3.64. The quantitative estimate of drug-likeness (QED) is 0.299. The van der Waals surface area contributed by atoms with Gasteiger partial charge in [-0.3, -0.25) is 0 Å². The molecule has 0 aliphatic rings. The normalized spacial score (nSPS) is 12.3. The molecule has 4 aromatic rings. The van der Waals surface area contributed by atoms with Gasteiger partial charge in [-0.15, -0.1) is 0 Å². The molecule has 0 saturated heterocycles. The molecule has 0 aliphatic heterocycles. The van der Waals surface area contributed by atoms with E-state index in [1.54, 1.807) is 24.3 Å². The number of hydrogen-bond acceptors (Lipinski definition) is 4. The lowest BCUT2D eigenvalue weighted by atomic mass is 9.92. The summed E-state index contributed by atoms with van der Waals surface area (Å²) in [4.78, 5) is 0. The van der Waals surface area contributed by atoms with E-state index in [1.807, 2.05) is 74.5 Å². The molecule has 164 valence electrons. The van der Waals surface area contributed by atoms with Gasteiger partial charge < -0.3 is 20.4 Å². The van der Waals surface area contributed by atoms with Crippen LogP contribution in [-0.4, -0.2) is 20.4 Å². The summed E-state index contributed by atoms with van der Waals surface area (Å²) in [6, 6.07) is 29.4. The largest absolute Gasteiger partial charge is 0.508 e. The van der Waals surface area contributed by atoms with Gasteiger partial charge in [0.2, 0.25) is 0 Å². The number of phenols is 4. The predicted molar refractivity (Wildman–Crippen MR) is 127 cm³/mol. The van der Waals surface area contributed by atoms with Gasteiger partial charge in [0.25, 0.3) is 0 Å². The van der Waals surface area contributed by atoms with E-state index in [-0.39, 0.29) is 34.8 Å². The maximum absolute atomic E-state index is 9.76. The molecular formula is C28H28O4. The first kappa shape index (κ1) is 22.8. The predicted octanol–water partition coefficient (Wildman–Crippen LogP) is 6.50. The first-order valence-corrected chi connectivity index (χ1v) is 10.5. The van der Waals surface area contributed by atoms with Crippen LogP contribution in [0.4, 0.5) is 0 Å². The molecule has 0 unspecified atom stereocenters. The van der Waals surface area contributed by atoms with Crippen LogP contribution in [0.1, 0.15) is 47.9 Å². The zero-order valence-electron chi connectivity index (χ0n) is 18.2. The van der Waals surface area contributed by atoms with Gasteiger partial charge >= 0.3 is 0 Å². The summed E-state index contributed by atoms with van der Waals surface area (Å²) in [5.74, 6) is 0.666. The Morgan fingerprint density at radius 2 is 0.812 bits per heavy atom. The summed E-state index contributed by atoms with van der Waals surface area (Å²) in [5.41, 5.74) is 3.93.